The molecule has 0 saturated heterocycles. The number of hydrogen-bond donors (Lipinski definition) is 0. The fourth-order valence-electron chi connectivity index (χ4n) is 0. The maximum Gasteiger partial charge on any atom is 2.00 e. The Hall–Kier alpha value is 1.01. The van der Waals surface area contributed by atoms with E-state index >= 15 is 0 Å². The first-order valence-corrected chi connectivity index (χ1v) is 0. The molecule has 0 rings (SSSR count). The van der Waals surface area contributed by atoms with Crippen LogP contribution in [0.25, 0.3) is 0 Å². The van der Waals surface area contributed by atoms with E-state index in [1.807, 2.05) is 0 Å². The van der Waals surface area contributed by atoms with Crippen LogP contribution in [0.5, 0.6) is 0 Å². The van der Waals surface area contributed by atoms with Gasteiger partial charge in [0.15, 0.2) is 0 Å². The van der Waals surface area contributed by atoms with E-state index in [4.69, 9.17) is 0 Å². The smallest absolute Gasteiger partial charge is 2.00 e. The van der Waals surface area contributed by atoms with Gasteiger partial charge in [-0.25, -0.2) is 0 Å². The van der Waals surface area contributed by atoms with E-state index in [0.29, 0.717) is 0 Å². The minimum atomic E-state index is 0. The zero-order valence-electron chi connectivity index (χ0n) is 2.13. The Kier molecular flexibility index (Phi) is 702. The Morgan fingerprint density at radius 3 is 1.00 bits per heavy atom. The van der Waals surface area contributed by atoms with Crippen LogP contribution >= 0.6 is 0 Å². The van der Waals surface area contributed by atoms with Crippen molar-refractivity contribution in [3.8, 4) is 0 Å². The van der Waals surface area contributed by atoms with Crippen LogP contribution < -0.4 is 18.9 Å². The summed E-state index contributed by atoms with van der Waals surface area (Å²) >= 11 is 0. The maximum atomic E-state index is 0. The van der Waals surface area contributed by atoms with E-state index < -0.39 is 0 Å². The second-order valence-electron chi connectivity index (χ2n) is 0. The summed E-state index contributed by atoms with van der Waals surface area (Å²) in [5.41, 5.74) is 0. The first-order valence-electron chi connectivity index (χ1n) is 0. The summed E-state index contributed by atoms with van der Waals surface area (Å²) < 4.78 is 0. The molecule has 0 unspecified atom stereocenters. The summed E-state index contributed by atoms with van der Waals surface area (Å²) in [5, 5.41) is 0. The summed E-state index contributed by atoms with van der Waals surface area (Å²) in [6, 6.07) is 0. The van der Waals surface area contributed by atoms with Crippen molar-refractivity contribution in [2.45, 2.75) is 0 Å². The Balaban J connectivity index is 0. The molecule has 0 spiro atoms. The molecule has 0 amide bonds. The molecule has 0 bridgehead atoms. The summed E-state index contributed by atoms with van der Waals surface area (Å²) in [5.74, 6) is 0. The normalized spacial score (nSPS) is 0. The SMILES string of the molecule is [Li+].[Ni+2].[O+2].[O-2]. The summed E-state index contributed by atoms with van der Waals surface area (Å²) in [6.07, 6.45) is 0. The van der Waals surface area contributed by atoms with Gasteiger partial charge in [-0.3, -0.25) is 0 Å². The van der Waals surface area contributed by atoms with Crippen molar-refractivity contribution in [3.63, 3.8) is 0 Å². The molecule has 2 nitrogen and oxygen atoms in total. The van der Waals surface area contributed by atoms with Crippen molar-refractivity contribution < 1.29 is 46.3 Å². The molecule has 0 saturated carbocycles. The minimum absolute atomic E-state index is 0. The van der Waals surface area contributed by atoms with Gasteiger partial charge >= 0.3 is 40.8 Å². The molecule has 0 aliphatic heterocycles. The molecule has 20 valence electrons. The Labute approximate surface area is 46.7 Å². The molecule has 0 aromatic rings. The largest absolute Gasteiger partial charge is 2.00 e. The van der Waals surface area contributed by atoms with E-state index in [1.54, 1.807) is 0 Å². The molecule has 0 N–H and O–H groups in total. The molecule has 0 fully saturated rings. The van der Waals surface area contributed by atoms with Gasteiger partial charge in [-0.2, -0.15) is 0 Å². The Bertz CT molecular complexity index is 6.00. The van der Waals surface area contributed by atoms with E-state index in [0.717, 1.165) is 0 Å². The summed E-state index contributed by atoms with van der Waals surface area (Å²) in [4.78, 5) is 0. The van der Waals surface area contributed by atoms with Crippen LogP contribution in [0.1, 0.15) is 0 Å². The van der Waals surface area contributed by atoms with E-state index in [1.165, 1.54) is 0 Å². The monoisotopic (exact) mass is 96.9 g/mol. The van der Waals surface area contributed by atoms with Crippen LogP contribution in [0, 0.1) is 0 Å². The quantitative estimate of drug-likeness (QED) is 0.286. The molecule has 0 atom stereocenters. The van der Waals surface area contributed by atoms with Crippen LogP contribution in [0.3, 0.4) is 0 Å². The number of hydrogen-bond acceptors (Lipinski definition) is 0. The molecular weight excluding hydrogens is 97.6 g/mol. The average molecular weight is 97.6 g/mol. The first-order chi connectivity index (χ1) is 0. The molecular formula is LiNiO2+3. The van der Waals surface area contributed by atoms with Gasteiger partial charge in [0.2, 0.25) is 0 Å². The zero-order chi connectivity index (χ0) is 0. The van der Waals surface area contributed by atoms with Crippen molar-refractivity contribution in [1.29, 1.82) is 0 Å². The summed E-state index contributed by atoms with van der Waals surface area (Å²) in [6.45, 7) is 0. The molecule has 0 aromatic carbocycles. The van der Waals surface area contributed by atoms with Gasteiger partial charge in [-0.1, -0.05) is 0 Å². The van der Waals surface area contributed by atoms with E-state index in [-0.39, 0.29) is 46.3 Å². The van der Waals surface area contributed by atoms with Gasteiger partial charge < -0.3 is 5.48 Å². The standard InChI is InChI=1S/Li.Ni.2O/q+1;+2;-2;+2. The predicted octanol–water partition coefficient (Wildman–Crippen LogP) is -3.24. The second-order valence-corrected chi connectivity index (χ2v) is 0. The third-order valence-electron chi connectivity index (χ3n) is 0. The first kappa shape index (κ1) is 78.9. The van der Waals surface area contributed by atoms with Crippen LogP contribution in [0.15, 0.2) is 0 Å². The average Bonchev–Trinajstić information content (AvgIpc) is 0. The van der Waals surface area contributed by atoms with Crippen molar-refractivity contribution in [1.82, 2.24) is 0 Å². The number of rotatable bonds is 0. The molecule has 4 heavy (non-hydrogen) atoms. The maximum absolute atomic E-state index is 0. The van der Waals surface area contributed by atoms with Crippen LogP contribution in [0.2, 0.25) is 0 Å². The van der Waals surface area contributed by atoms with Crippen molar-refractivity contribution >= 4 is 0 Å². The van der Waals surface area contributed by atoms with Crippen molar-refractivity contribution in [2.75, 3.05) is 0 Å². The van der Waals surface area contributed by atoms with Crippen molar-refractivity contribution in [3.05, 3.63) is 0 Å². The molecule has 0 aliphatic carbocycles. The predicted molar refractivity (Wildman–Crippen MR) is 1.37 cm³/mol. The van der Waals surface area contributed by atoms with E-state index in [9.17, 15) is 0 Å². The molecule has 4 radical (unpaired) electrons. The van der Waals surface area contributed by atoms with Crippen LogP contribution in [-0.2, 0) is 27.4 Å². The minimum Gasteiger partial charge on any atom is -2.00 e. The molecule has 4 heteroatoms. The fourth-order valence-corrected chi connectivity index (χ4v) is 0. The van der Waals surface area contributed by atoms with Gasteiger partial charge in [0.25, 0.3) is 0 Å². The summed E-state index contributed by atoms with van der Waals surface area (Å²) in [7, 11) is 0. The molecule has 0 aromatic heterocycles. The van der Waals surface area contributed by atoms with Crippen molar-refractivity contribution in [2.24, 2.45) is 0 Å². The molecule has 0 heterocycles. The Morgan fingerprint density at radius 1 is 1.00 bits per heavy atom. The van der Waals surface area contributed by atoms with E-state index in [2.05, 4.69) is 0 Å². The van der Waals surface area contributed by atoms with Gasteiger partial charge in [0.05, 0.1) is 0 Å². The molecule has 0 aliphatic rings. The van der Waals surface area contributed by atoms with Gasteiger partial charge in [-0.05, 0) is 0 Å². The van der Waals surface area contributed by atoms with Gasteiger partial charge in [0.1, 0.15) is 0 Å². The fraction of sp³-hybridized carbons (Fsp3) is 0. The second kappa shape index (κ2) is 35.6. The van der Waals surface area contributed by atoms with Gasteiger partial charge in [-0.15, -0.1) is 0 Å². The van der Waals surface area contributed by atoms with Crippen LogP contribution in [-0.4, -0.2) is 0 Å². The topological polar surface area (TPSA) is 57.0 Å². The van der Waals surface area contributed by atoms with Crippen LogP contribution in [0.4, 0.5) is 0 Å². The third kappa shape index (κ3) is 11.9. The Morgan fingerprint density at radius 2 is 1.00 bits per heavy atom. The third-order valence-corrected chi connectivity index (χ3v) is 0. The zero-order valence-corrected chi connectivity index (χ0v) is 3.12. The van der Waals surface area contributed by atoms with Gasteiger partial charge in [0, 0.05) is 0 Å².